The van der Waals surface area contributed by atoms with Gasteiger partial charge in [0.15, 0.2) is 0 Å². The van der Waals surface area contributed by atoms with Crippen LogP contribution in [0.2, 0.25) is 0 Å². The lowest BCUT2D eigenvalue weighted by atomic mass is 9.95. The number of carbonyl (C=O) groups excluding carboxylic acids is 2. The summed E-state index contributed by atoms with van der Waals surface area (Å²) in [6.45, 7) is 9.04. The summed E-state index contributed by atoms with van der Waals surface area (Å²) in [5, 5.41) is 11.2. The fourth-order valence-corrected chi connectivity index (χ4v) is 4.04. The number of likely N-dealkylation sites (tertiary alicyclic amines) is 1. The van der Waals surface area contributed by atoms with Crippen molar-refractivity contribution < 1.29 is 24.2 Å². The van der Waals surface area contributed by atoms with Crippen molar-refractivity contribution >= 4 is 17.4 Å². The summed E-state index contributed by atoms with van der Waals surface area (Å²) in [4.78, 5) is 29.8. The molecule has 1 heterocycles. The predicted molar refractivity (Wildman–Crippen MR) is 137 cm³/mol. The Morgan fingerprint density at radius 3 is 2.29 bits per heavy atom. The Bertz CT molecular complexity index is 1070. The monoisotopic (exact) mass is 478 g/mol. The molecule has 1 saturated heterocycles. The molecule has 1 N–H and O–H groups in total. The van der Waals surface area contributed by atoms with Crippen molar-refractivity contribution in [2.45, 2.75) is 32.4 Å². The van der Waals surface area contributed by atoms with Crippen LogP contribution < -0.4 is 9.47 Å². The van der Waals surface area contributed by atoms with Crippen molar-refractivity contribution in [2.24, 2.45) is 0 Å². The van der Waals surface area contributed by atoms with Gasteiger partial charge in [-0.15, -0.1) is 0 Å². The fraction of sp³-hybridized carbons (Fsp3) is 0.357. The third-order valence-electron chi connectivity index (χ3n) is 5.61. The number of rotatable bonds is 11. The van der Waals surface area contributed by atoms with Crippen LogP contribution in [0, 0.1) is 0 Å². The molecule has 186 valence electrons. The van der Waals surface area contributed by atoms with E-state index < -0.39 is 17.7 Å². The van der Waals surface area contributed by atoms with Gasteiger partial charge in [0.25, 0.3) is 11.7 Å². The maximum absolute atomic E-state index is 13.2. The topological polar surface area (TPSA) is 79.3 Å². The molecule has 1 aliphatic rings. The van der Waals surface area contributed by atoms with E-state index in [0.29, 0.717) is 36.6 Å². The zero-order chi connectivity index (χ0) is 25.5. The van der Waals surface area contributed by atoms with Gasteiger partial charge in [-0.25, -0.2) is 0 Å². The molecule has 0 aromatic heterocycles. The molecule has 2 aromatic rings. The molecule has 0 bridgehead atoms. The lowest BCUT2D eigenvalue weighted by Crippen LogP contribution is -2.32. The number of carbonyl (C=O) groups is 2. The molecule has 35 heavy (non-hydrogen) atoms. The van der Waals surface area contributed by atoms with Crippen molar-refractivity contribution in [3.05, 3.63) is 77.9 Å². The van der Waals surface area contributed by atoms with E-state index in [0.717, 1.165) is 12.1 Å². The summed E-state index contributed by atoms with van der Waals surface area (Å²) in [6, 6.07) is 13.4. The molecular weight excluding hydrogens is 444 g/mol. The Balaban J connectivity index is 2.01. The van der Waals surface area contributed by atoms with E-state index in [1.54, 1.807) is 47.4 Å². The average Bonchev–Trinajstić information content (AvgIpc) is 3.07. The molecular formula is C28H34N2O5. The number of benzene rings is 2. The van der Waals surface area contributed by atoms with E-state index >= 15 is 0 Å². The first-order valence-corrected chi connectivity index (χ1v) is 11.8. The number of ketones is 1. The molecule has 2 aromatic carbocycles. The highest BCUT2D eigenvalue weighted by Crippen LogP contribution is 2.40. The molecule has 1 fully saturated rings. The van der Waals surface area contributed by atoms with Crippen LogP contribution in [0.5, 0.6) is 11.5 Å². The Labute approximate surface area is 207 Å². The standard InChI is InChI=1S/C28H34N2O5/c1-6-18-34-22-12-8-20(9-13-22)25-24(27(32)28(33)30(25)17-7-16-29(4)5)26(31)21-10-14-23(15-11-21)35-19(2)3/h6,8-15,19,25,31H,1,7,16-18H2,2-5H3. The summed E-state index contributed by atoms with van der Waals surface area (Å²) < 4.78 is 11.2. The molecule has 3 rings (SSSR count). The first kappa shape index (κ1) is 26.0. The normalized spacial score (nSPS) is 17.3. The molecule has 0 spiro atoms. The van der Waals surface area contributed by atoms with Gasteiger partial charge in [-0.1, -0.05) is 24.8 Å². The lowest BCUT2D eigenvalue weighted by Gasteiger charge is -2.26. The van der Waals surface area contributed by atoms with E-state index in [1.165, 1.54) is 0 Å². The van der Waals surface area contributed by atoms with Gasteiger partial charge in [0.2, 0.25) is 0 Å². The number of ether oxygens (including phenoxy) is 2. The fourth-order valence-electron chi connectivity index (χ4n) is 4.04. The zero-order valence-electron chi connectivity index (χ0n) is 20.9. The zero-order valence-corrected chi connectivity index (χ0v) is 20.9. The van der Waals surface area contributed by atoms with Crippen LogP contribution in [-0.2, 0) is 9.59 Å². The largest absolute Gasteiger partial charge is 0.507 e. The van der Waals surface area contributed by atoms with E-state index in [-0.39, 0.29) is 17.4 Å². The second-order valence-electron chi connectivity index (χ2n) is 9.01. The van der Waals surface area contributed by atoms with Crippen molar-refractivity contribution in [2.75, 3.05) is 33.8 Å². The quantitative estimate of drug-likeness (QED) is 0.223. The Morgan fingerprint density at radius 1 is 1.09 bits per heavy atom. The van der Waals surface area contributed by atoms with Gasteiger partial charge < -0.3 is 24.4 Å². The average molecular weight is 479 g/mol. The first-order chi connectivity index (χ1) is 16.7. The van der Waals surface area contributed by atoms with Gasteiger partial charge in [0.1, 0.15) is 23.9 Å². The van der Waals surface area contributed by atoms with E-state index in [1.807, 2.05) is 45.0 Å². The molecule has 0 radical (unpaired) electrons. The van der Waals surface area contributed by atoms with Crippen molar-refractivity contribution in [3.8, 4) is 11.5 Å². The van der Waals surface area contributed by atoms with Gasteiger partial charge in [-0.3, -0.25) is 9.59 Å². The van der Waals surface area contributed by atoms with Crippen molar-refractivity contribution in [1.29, 1.82) is 0 Å². The minimum atomic E-state index is -0.697. The number of Topliss-reactive ketones (excluding diaryl/α,β-unsaturated/α-hetero) is 1. The minimum absolute atomic E-state index is 0.0142. The number of hydrogen-bond acceptors (Lipinski definition) is 6. The minimum Gasteiger partial charge on any atom is -0.507 e. The summed E-state index contributed by atoms with van der Waals surface area (Å²) in [7, 11) is 3.92. The Hall–Kier alpha value is -3.58. The van der Waals surface area contributed by atoms with Gasteiger partial charge >= 0.3 is 0 Å². The number of hydrogen-bond donors (Lipinski definition) is 1. The molecule has 1 aliphatic heterocycles. The van der Waals surface area contributed by atoms with E-state index in [4.69, 9.17) is 9.47 Å². The highest BCUT2D eigenvalue weighted by molar-refractivity contribution is 6.46. The lowest BCUT2D eigenvalue weighted by molar-refractivity contribution is -0.139. The molecule has 1 unspecified atom stereocenters. The highest BCUT2D eigenvalue weighted by Gasteiger charge is 2.45. The number of aliphatic hydroxyl groups is 1. The Kier molecular flexibility index (Phi) is 8.71. The SMILES string of the molecule is C=CCOc1ccc(C2C(=C(O)c3ccc(OC(C)C)cc3)C(=O)C(=O)N2CCCN(C)C)cc1. The number of aliphatic hydroxyl groups excluding tert-OH is 1. The Morgan fingerprint density at radius 2 is 1.71 bits per heavy atom. The van der Waals surface area contributed by atoms with Crippen molar-refractivity contribution in [1.82, 2.24) is 9.80 Å². The van der Waals surface area contributed by atoms with Gasteiger partial charge in [-0.2, -0.15) is 0 Å². The summed E-state index contributed by atoms with van der Waals surface area (Å²) >= 11 is 0. The van der Waals surface area contributed by atoms with Crippen LogP contribution in [-0.4, -0.2) is 66.5 Å². The van der Waals surface area contributed by atoms with Crippen molar-refractivity contribution in [3.63, 3.8) is 0 Å². The summed E-state index contributed by atoms with van der Waals surface area (Å²) in [5.41, 5.74) is 1.25. The van der Waals surface area contributed by atoms with Crippen LogP contribution in [0.3, 0.4) is 0 Å². The second kappa shape index (κ2) is 11.7. The molecule has 0 saturated carbocycles. The molecule has 0 aliphatic carbocycles. The maximum Gasteiger partial charge on any atom is 0.295 e. The van der Waals surface area contributed by atoms with Crippen LogP contribution >= 0.6 is 0 Å². The molecule has 1 amide bonds. The van der Waals surface area contributed by atoms with Crippen LogP contribution in [0.15, 0.2) is 66.8 Å². The smallest absolute Gasteiger partial charge is 0.295 e. The highest BCUT2D eigenvalue weighted by atomic mass is 16.5. The predicted octanol–water partition coefficient (Wildman–Crippen LogP) is 4.41. The van der Waals surface area contributed by atoms with Gasteiger partial charge in [0.05, 0.1) is 17.7 Å². The summed E-state index contributed by atoms with van der Waals surface area (Å²) in [5.74, 6) is -0.188. The first-order valence-electron chi connectivity index (χ1n) is 11.8. The molecule has 7 nitrogen and oxygen atoms in total. The van der Waals surface area contributed by atoms with Gasteiger partial charge in [-0.05, 0) is 82.9 Å². The summed E-state index contributed by atoms with van der Waals surface area (Å²) in [6.07, 6.45) is 2.36. The molecule has 1 atom stereocenters. The second-order valence-corrected chi connectivity index (χ2v) is 9.01. The van der Waals surface area contributed by atoms with E-state index in [9.17, 15) is 14.7 Å². The third-order valence-corrected chi connectivity index (χ3v) is 5.61. The molecule has 7 heteroatoms. The number of amides is 1. The van der Waals surface area contributed by atoms with Crippen LogP contribution in [0.1, 0.15) is 37.4 Å². The van der Waals surface area contributed by atoms with Crippen LogP contribution in [0.25, 0.3) is 5.76 Å². The van der Waals surface area contributed by atoms with Crippen LogP contribution in [0.4, 0.5) is 0 Å². The number of nitrogens with zero attached hydrogens (tertiary/aromatic N) is 2. The maximum atomic E-state index is 13.2. The van der Waals surface area contributed by atoms with Gasteiger partial charge in [0, 0.05) is 12.1 Å². The van der Waals surface area contributed by atoms with E-state index in [2.05, 4.69) is 6.58 Å². The third kappa shape index (κ3) is 6.31.